The lowest BCUT2D eigenvalue weighted by Gasteiger charge is -2.21. The van der Waals surface area contributed by atoms with Crippen LogP contribution >= 0.6 is 0 Å². The summed E-state index contributed by atoms with van der Waals surface area (Å²) in [6.45, 7) is 1.53. The third-order valence-corrected chi connectivity index (χ3v) is 4.22. The number of fused-ring (bicyclic) bond motifs is 1. The maximum atomic E-state index is 13.9. The smallest absolute Gasteiger partial charge is 0.240 e. The van der Waals surface area contributed by atoms with Crippen LogP contribution in [-0.2, 0) is 16.0 Å². The summed E-state index contributed by atoms with van der Waals surface area (Å²) in [5.41, 5.74) is 2.27. The van der Waals surface area contributed by atoms with Crippen LogP contribution in [0, 0.1) is 5.82 Å². The largest absolute Gasteiger partial charge is 0.361 e. The maximum absolute atomic E-state index is 13.9. The maximum Gasteiger partial charge on any atom is 0.240 e. The van der Waals surface area contributed by atoms with Crippen LogP contribution in [0.3, 0.4) is 0 Å². The van der Waals surface area contributed by atoms with Crippen LogP contribution in [0.5, 0.6) is 0 Å². The van der Waals surface area contributed by atoms with Gasteiger partial charge < -0.3 is 15.2 Å². The van der Waals surface area contributed by atoms with E-state index in [2.05, 4.69) is 10.3 Å². The van der Waals surface area contributed by atoms with Crippen LogP contribution < -0.4 is 10.2 Å². The van der Waals surface area contributed by atoms with Gasteiger partial charge in [-0.1, -0.05) is 30.3 Å². The van der Waals surface area contributed by atoms with E-state index in [9.17, 15) is 14.0 Å². The molecule has 2 aromatic carbocycles. The Hall–Kier alpha value is -3.15. The Morgan fingerprint density at radius 2 is 1.85 bits per heavy atom. The first-order valence-electron chi connectivity index (χ1n) is 8.40. The lowest BCUT2D eigenvalue weighted by molar-refractivity contribution is -0.123. The second-order valence-electron chi connectivity index (χ2n) is 6.02. The molecule has 1 heterocycles. The SMILES string of the molecule is CC(=O)N(CC(=O)NCCc1c[nH]c2ccccc12)c1ccccc1F. The van der Waals surface area contributed by atoms with Crippen LogP contribution in [-0.4, -0.2) is 29.9 Å². The number of carbonyl (C=O) groups excluding carboxylic acids is 2. The number of halogens is 1. The van der Waals surface area contributed by atoms with E-state index >= 15 is 0 Å². The number of aromatic nitrogens is 1. The van der Waals surface area contributed by atoms with Gasteiger partial charge in [-0.15, -0.1) is 0 Å². The zero-order chi connectivity index (χ0) is 18.5. The van der Waals surface area contributed by atoms with Crippen molar-refractivity contribution in [2.45, 2.75) is 13.3 Å². The van der Waals surface area contributed by atoms with Gasteiger partial charge in [0.2, 0.25) is 11.8 Å². The number of amides is 2. The Bertz CT molecular complexity index is 935. The van der Waals surface area contributed by atoms with Gasteiger partial charge in [0.1, 0.15) is 12.4 Å². The van der Waals surface area contributed by atoms with Crippen molar-refractivity contribution in [1.29, 1.82) is 0 Å². The Morgan fingerprint density at radius 1 is 1.12 bits per heavy atom. The third-order valence-electron chi connectivity index (χ3n) is 4.22. The van der Waals surface area contributed by atoms with Crippen LogP contribution in [0.15, 0.2) is 54.7 Å². The molecule has 0 bridgehead atoms. The molecule has 26 heavy (non-hydrogen) atoms. The molecule has 0 fully saturated rings. The van der Waals surface area contributed by atoms with E-state index in [1.54, 1.807) is 12.1 Å². The van der Waals surface area contributed by atoms with Crippen molar-refractivity contribution in [3.8, 4) is 0 Å². The second kappa shape index (κ2) is 7.82. The number of benzene rings is 2. The molecule has 0 saturated carbocycles. The van der Waals surface area contributed by atoms with E-state index in [4.69, 9.17) is 0 Å². The molecule has 0 saturated heterocycles. The lowest BCUT2D eigenvalue weighted by atomic mass is 10.1. The summed E-state index contributed by atoms with van der Waals surface area (Å²) < 4.78 is 13.9. The highest BCUT2D eigenvalue weighted by molar-refractivity contribution is 5.97. The van der Waals surface area contributed by atoms with Crippen LogP contribution in [0.4, 0.5) is 10.1 Å². The van der Waals surface area contributed by atoms with E-state index in [0.29, 0.717) is 13.0 Å². The summed E-state index contributed by atoms with van der Waals surface area (Å²) in [4.78, 5) is 28.3. The summed E-state index contributed by atoms with van der Waals surface area (Å²) in [6.07, 6.45) is 2.59. The number of anilines is 1. The normalized spacial score (nSPS) is 10.7. The average molecular weight is 353 g/mol. The lowest BCUT2D eigenvalue weighted by Crippen LogP contribution is -2.40. The van der Waals surface area contributed by atoms with Gasteiger partial charge in [0.05, 0.1) is 5.69 Å². The highest BCUT2D eigenvalue weighted by Gasteiger charge is 2.18. The quantitative estimate of drug-likeness (QED) is 0.715. The van der Waals surface area contributed by atoms with Gasteiger partial charge in [0, 0.05) is 30.6 Å². The van der Waals surface area contributed by atoms with E-state index in [1.807, 2.05) is 30.5 Å². The van der Waals surface area contributed by atoms with E-state index in [0.717, 1.165) is 21.4 Å². The minimum atomic E-state index is -0.533. The molecule has 0 spiro atoms. The molecule has 5 nitrogen and oxygen atoms in total. The molecule has 0 atom stereocenters. The summed E-state index contributed by atoms with van der Waals surface area (Å²) in [7, 11) is 0. The minimum Gasteiger partial charge on any atom is -0.361 e. The van der Waals surface area contributed by atoms with Crippen molar-refractivity contribution in [3.05, 3.63) is 66.1 Å². The van der Waals surface area contributed by atoms with Crippen LogP contribution in [0.25, 0.3) is 10.9 Å². The topological polar surface area (TPSA) is 65.2 Å². The van der Waals surface area contributed by atoms with Gasteiger partial charge >= 0.3 is 0 Å². The average Bonchev–Trinajstić information content (AvgIpc) is 3.04. The van der Waals surface area contributed by atoms with Crippen LogP contribution in [0.2, 0.25) is 0 Å². The molecule has 3 aromatic rings. The summed E-state index contributed by atoms with van der Waals surface area (Å²) >= 11 is 0. The van der Waals surface area contributed by atoms with Crippen molar-refractivity contribution in [2.75, 3.05) is 18.0 Å². The fourth-order valence-corrected chi connectivity index (χ4v) is 2.91. The van der Waals surface area contributed by atoms with Crippen molar-refractivity contribution in [2.24, 2.45) is 0 Å². The predicted octanol–water partition coefficient (Wildman–Crippen LogP) is 3.02. The number of aromatic amines is 1. The molecule has 1 aromatic heterocycles. The molecule has 2 N–H and O–H groups in total. The minimum absolute atomic E-state index is 0.103. The number of nitrogens with zero attached hydrogens (tertiary/aromatic N) is 1. The first-order valence-corrected chi connectivity index (χ1v) is 8.40. The number of H-pyrrole nitrogens is 1. The second-order valence-corrected chi connectivity index (χ2v) is 6.02. The Balaban J connectivity index is 1.59. The Labute approximate surface area is 150 Å². The monoisotopic (exact) mass is 353 g/mol. The van der Waals surface area contributed by atoms with E-state index < -0.39 is 5.82 Å². The summed E-state index contributed by atoms with van der Waals surface area (Å²) in [5, 5.41) is 3.91. The highest BCUT2D eigenvalue weighted by atomic mass is 19.1. The molecule has 3 rings (SSSR count). The van der Waals surface area contributed by atoms with Crippen molar-refractivity contribution >= 4 is 28.4 Å². The van der Waals surface area contributed by atoms with Gasteiger partial charge in [0.25, 0.3) is 0 Å². The van der Waals surface area contributed by atoms with Crippen molar-refractivity contribution < 1.29 is 14.0 Å². The number of hydrogen-bond donors (Lipinski definition) is 2. The first-order chi connectivity index (χ1) is 12.6. The number of nitrogens with one attached hydrogen (secondary N) is 2. The standard InChI is InChI=1S/C20H20FN3O2/c1-14(25)24(19-9-5-3-7-17(19)21)13-20(26)22-11-10-15-12-23-18-8-4-2-6-16(15)18/h2-9,12,23H,10-11,13H2,1H3,(H,22,26). The van der Waals surface area contributed by atoms with E-state index in [-0.39, 0.29) is 24.0 Å². The zero-order valence-corrected chi connectivity index (χ0v) is 14.5. The summed E-state index contributed by atoms with van der Waals surface area (Å²) in [5.74, 6) is -1.25. The molecule has 0 aliphatic carbocycles. The summed E-state index contributed by atoms with van der Waals surface area (Å²) in [6, 6.07) is 13.9. The molecule has 2 amide bonds. The van der Waals surface area contributed by atoms with Crippen molar-refractivity contribution in [1.82, 2.24) is 10.3 Å². The van der Waals surface area contributed by atoms with E-state index in [1.165, 1.54) is 19.1 Å². The van der Waals surface area contributed by atoms with Crippen molar-refractivity contribution in [3.63, 3.8) is 0 Å². The third kappa shape index (κ3) is 3.91. The molecule has 6 heteroatoms. The number of rotatable bonds is 6. The molecule has 0 aliphatic heterocycles. The zero-order valence-electron chi connectivity index (χ0n) is 14.5. The number of carbonyl (C=O) groups is 2. The first kappa shape index (κ1) is 17.7. The fourth-order valence-electron chi connectivity index (χ4n) is 2.91. The highest BCUT2D eigenvalue weighted by Crippen LogP contribution is 2.19. The molecule has 0 radical (unpaired) electrons. The van der Waals surface area contributed by atoms with Gasteiger partial charge in [0.15, 0.2) is 0 Å². The van der Waals surface area contributed by atoms with Crippen LogP contribution in [0.1, 0.15) is 12.5 Å². The molecule has 134 valence electrons. The fraction of sp³-hybridized carbons (Fsp3) is 0.200. The Kier molecular flexibility index (Phi) is 5.31. The predicted molar refractivity (Wildman–Crippen MR) is 99.4 cm³/mol. The molecular formula is C20H20FN3O2. The Morgan fingerprint density at radius 3 is 2.62 bits per heavy atom. The van der Waals surface area contributed by atoms with Gasteiger partial charge in [-0.2, -0.15) is 0 Å². The number of hydrogen-bond acceptors (Lipinski definition) is 2. The van der Waals surface area contributed by atoms with Gasteiger partial charge in [-0.25, -0.2) is 4.39 Å². The number of para-hydroxylation sites is 2. The van der Waals surface area contributed by atoms with Gasteiger partial charge in [-0.05, 0) is 30.2 Å². The molecule has 0 unspecified atom stereocenters. The van der Waals surface area contributed by atoms with Gasteiger partial charge in [-0.3, -0.25) is 9.59 Å². The molecular weight excluding hydrogens is 333 g/mol. The molecule has 0 aliphatic rings.